The van der Waals surface area contributed by atoms with Crippen molar-refractivity contribution in [1.82, 2.24) is 10.6 Å². The first kappa shape index (κ1) is 14.5. The molecule has 0 aliphatic carbocycles. The number of hydrogen-bond donors (Lipinski definition) is 3. The third-order valence-corrected chi connectivity index (χ3v) is 4.00. The zero-order chi connectivity index (χ0) is 12.8. The van der Waals surface area contributed by atoms with Crippen molar-refractivity contribution in [2.24, 2.45) is 0 Å². The highest BCUT2D eigenvalue weighted by Crippen LogP contribution is 2.19. The molecule has 0 aliphatic heterocycles. The fourth-order valence-electron chi connectivity index (χ4n) is 1.18. The Morgan fingerprint density at radius 2 is 2.29 bits per heavy atom. The van der Waals surface area contributed by atoms with Crippen molar-refractivity contribution in [3.8, 4) is 0 Å². The predicted octanol–water partition coefficient (Wildman–Crippen LogP) is 1.56. The van der Waals surface area contributed by atoms with Gasteiger partial charge in [-0.1, -0.05) is 0 Å². The van der Waals surface area contributed by atoms with Gasteiger partial charge in [-0.05, 0) is 22.0 Å². The fourth-order valence-corrected chi connectivity index (χ4v) is 2.83. The van der Waals surface area contributed by atoms with Gasteiger partial charge >= 0.3 is 0 Å². The van der Waals surface area contributed by atoms with Gasteiger partial charge in [0.05, 0.1) is 6.54 Å². The van der Waals surface area contributed by atoms with Crippen molar-refractivity contribution in [3.63, 3.8) is 0 Å². The zero-order valence-electron chi connectivity index (χ0n) is 9.20. The fraction of sp³-hybridized carbons (Fsp3) is 0.400. The second-order valence-electron chi connectivity index (χ2n) is 3.38. The molecule has 17 heavy (non-hydrogen) atoms. The second kappa shape index (κ2) is 7.03. The Labute approximate surface area is 118 Å². The molecule has 1 aromatic rings. The molecular formula is C10H13BrN2O2S2. The standard InChI is InChI=1S/C10H13BrN2O2S2/c1-6(14)13-9(4-16)10(15)12-3-8-2-7(11)5-17-8/h2,5,9,16H,3-4H2,1H3,(H,12,15)(H,13,14). The number of halogens is 1. The third kappa shape index (κ3) is 5.10. The lowest BCUT2D eigenvalue weighted by Crippen LogP contribution is -2.46. The number of carbonyl (C=O) groups excluding carboxylic acids is 2. The van der Waals surface area contributed by atoms with Gasteiger partial charge in [0.1, 0.15) is 6.04 Å². The molecule has 0 spiro atoms. The van der Waals surface area contributed by atoms with Crippen molar-refractivity contribution >= 4 is 51.7 Å². The molecule has 2 amide bonds. The van der Waals surface area contributed by atoms with Crippen LogP contribution in [0, 0.1) is 0 Å². The van der Waals surface area contributed by atoms with Gasteiger partial charge < -0.3 is 10.6 Å². The number of hydrogen-bond acceptors (Lipinski definition) is 4. The predicted molar refractivity (Wildman–Crippen MR) is 75.3 cm³/mol. The van der Waals surface area contributed by atoms with Crippen LogP contribution in [0.1, 0.15) is 11.8 Å². The summed E-state index contributed by atoms with van der Waals surface area (Å²) < 4.78 is 0.999. The Hall–Kier alpha value is -0.530. The van der Waals surface area contributed by atoms with Crippen molar-refractivity contribution < 1.29 is 9.59 Å². The number of carbonyl (C=O) groups is 2. The summed E-state index contributed by atoms with van der Waals surface area (Å²) in [6.07, 6.45) is 0. The first-order chi connectivity index (χ1) is 8.02. The lowest BCUT2D eigenvalue weighted by molar-refractivity contribution is -0.127. The molecule has 0 saturated heterocycles. The van der Waals surface area contributed by atoms with E-state index in [1.165, 1.54) is 6.92 Å². The average molecular weight is 337 g/mol. The van der Waals surface area contributed by atoms with E-state index in [9.17, 15) is 9.59 Å². The maximum absolute atomic E-state index is 11.7. The molecule has 7 heteroatoms. The van der Waals surface area contributed by atoms with E-state index in [2.05, 4.69) is 39.2 Å². The van der Waals surface area contributed by atoms with Crippen LogP contribution in [0.5, 0.6) is 0 Å². The molecule has 1 atom stereocenters. The molecular weight excluding hydrogens is 324 g/mol. The van der Waals surface area contributed by atoms with Gasteiger partial charge in [0.15, 0.2) is 0 Å². The van der Waals surface area contributed by atoms with E-state index < -0.39 is 6.04 Å². The van der Waals surface area contributed by atoms with Crippen LogP contribution in [0.2, 0.25) is 0 Å². The topological polar surface area (TPSA) is 58.2 Å². The number of rotatable bonds is 5. The minimum Gasteiger partial charge on any atom is -0.349 e. The monoisotopic (exact) mass is 336 g/mol. The maximum atomic E-state index is 11.7. The summed E-state index contributed by atoms with van der Waals surface area (Å²) in [5.41, 5.74) is 0. The number of thiol groups is 1. The van der Waals surface area contributed by atoms with E-state index in [1.807, 2.05) is 11.4 Å². The molecule has 0 aromatic carbocycles. The molecule has 4 nitrogen and oxygen atoms in total. The number of thiophene rings is 1. The third-order valence-electron chi connectivity index (χ3n) is 1.94. The smallest absolute Gasteiger partial charge is 0.243 e. The Bertz CT molecular complexity index is 409. The van der Waals surface area contributed by atoms with Crippen LogP contribution >= 0.6 is 39.9 Å². The maximum Gasteiger partial charge on any atom is 0.243 e. The van der Waals surface area contributed by atoms with Crippen LogP contribution in [-0.4, -0.2) is 23.6 Å². The first-order valence-electron chi connectivity index (χ1n) is 4.91. The van der Waals surface area contributed by atoms with E-state index >= 15 is 0 Å². The minimum atomic E-state index is -0.584. The van der Waals surface area contributed by atoms with Crippen molar-refractivity contribution in [1.29, 1.82) is 0 Å². The van der Waals surface area contributed by atoms with Crippen LogP contribution < -0.4 is 10.6 Å². The quantitative estimate of drug-likeness (QED) is 0.715. The largest absolute Gasteiger partial charge is 0.349 e. The molecule has 0 aliphatic rings. The number of amides is 2. The normalized spacial score (nSPS) is 11.9. The van der Waals surface area contributed by atoms with Crippen LogP contribution in [0.4, 0.5) is 0 Å². The molecule has 1 unspecified atom stereocenters. The average Bonchev–Trinajstić information content (AvgIpc) is 2.68. The SMILES string of the molecule is CC(=O)NC(CS)C(=O)NCc1cc(Br)cs1. The lowest BCUT2D eigenvalue weighted by atomic mass is 10.3. The highest BCUT2D eigenvalue weighted by Gasteiger charge is 2.17. The summed E-state index contributed by atoms with van der Waals surface area (Å²) >= 11 is 8.93. The molecule has 1 rings (SSSR count). The Morgan fingerprint density at radius 3 is 2.76 bits per heavy atom. The van der Waals surface area contributed by atoms with Gasteiger partial charge in [-0.3, -0.25) is 9.59 Å². The van der Waals surface area contributed by atoms with E-state index in [1.54, 1.807) is 11.3 Å². The van der Waals surface area contributed by atoms with Crippen LogP contribution in [0.25, 0.3) is 0 Å². The summed E-state index contributed by atoms with van der Waals surface area (Å²) in [5.74, 6) is -0.183. The van der Waals surface area contributed by atoms with E-state index in [0.717, 1.165) is 9.35 Å². The molecule has 2 N–H and O–H groups in total. The molecule has 0 bridgehead atoms. The highest BCUT2D eigenvalue weighted by atomic mass is 79.9. The Morgan fingerprint density at radius 1 is 1.59 bits per heavy atom. The first-order valence-corrected chi connectivity index (χ1v) is 7.22. The second-order valence-corrected chi connectivity index (χ2v) is 5.66. The van der Waals surface area contributed by atoms with E-state index in [-0.39, 0.29) is 17.6 Å². The molecule has 0 saturated carbocycles. The van der Waals surface area contributed by atoms with E-state index in [0.29, 0.717) is 6.54 Å². The van der Waals surface area contributed by atoms with Crippen LogP contribution in [0.3, 0.4) is 0 Å². The van der Waals surface area contributed by atoms with Crippen LogP contribution in [0.15, 0.2) is 15.9 Å². The van der Waals surface area contributed by atoms with Gasteiger partial charge in [-0.15, -0.1) is 11.3 Å². The summed E-state index contributed by atoms with van der Waals surface area (Å²) in [5, 5.41) is 7.24. The number of nitrogens with one attached hydrogen (secondary N) is 2. The lowest BCUT2D eigenvalue weighted by Gasteiger charge is -2.14. The minimum absolute atomic E-state index is 0.222. The van der Waals surface area contributed by atoms with Gasteiger partial charge in [-0.25, -0.2) is 0 Å². The van der Waals surface area contributed by atoms with Crippen molar-refractivity contribution in [2.75, 3.05) is 5.75 Å². The Kier molecular flexibility index (Phi) is 6.01. The van der Waals surface area contributed by atoms with Gasteiger partial charge in [0.2, 0.25) is 11.8 Å². The van der Waals surface area contributed by atoms with Gasteiger partial charge in [-0.2, -0.15) is 12.6 Å². The Balaban J connectivity index is 2.44. The van der Waals surface area contributed by atoms with Gasteiger partial charge in [0.25, 0.3) is 0 Å². The highest BCUT2D eigenvalue weighted by molar-refractivity contribution is 9.10. The molecule has 1 heterocycles. The molecule has 0 fully saturated rings. The molecule has 1 aromatic heterocycles. The van der Waals surface area contributed by atoms with Gasteiger partial charge in [0, 0.05) is 27.4 Å². The zero-order valence-corrected chi connectivity index (χ0v) is 12.5. The van der Waals surface area contributed by atoms with Crippen LogP contribution in [-0.2, 0) is 16.1 Å². The van der Waals surface area contributed by atoms with Crippen molar-refractivity contribution in [2.45, 2.75) is 19.5 Å². The molecule has 94 valence electrons. The summed E-state index contributed by atoms with van der Waals surface area (Å²) in [6.45, 7) is 1.83. The summed E-state index contributed by atoms with van der Waals surface area (Å²) in [6, 6.07) is 1.36. The molecule has 0 radical (unpaired) electrons. The summed E-state index contributed by atoms with van der Waals surface area (Å²) in [7, 11) is 0. The van der Waals surface area contributed by atoms with Crippen molar-refractivity contribution in [3.05, 3.63) is 20.8 Å². The van der Waals surface area contributed by atoms with E-state index in [4.69, 9.17) is 0 Å². The summed E-state index contributed by atoms with van der Waals surface area (Å²) in [4.78, 5) is 23.6.